The predicted molar refractivity (Wildman–Crippen MR) is 67.9 cm³/mol. The Morgan fingerprint density at radius 3 is 3.00 bits per heavy atom. The van der Waals surface area contributed by atoms with E-state index in [0.717, 1.165) is 34.7 Å². The molecule has 1 heterocycles. The number of rotatable bonds is 0. The number of fused-ring (bicyclic) bond motifs is 2. The van der Waals surface area contributed by atoms with Gasteiger partial charge in [-0.05, 0) is 36.8 Å². The number of aromatic nitrogens is 1. The Kier molecular flexibility index (Phi) is 2.36. The molecule has 1 atom stereocenters. The Morgan fingerprint density at radius 2 is 2.12 bits per heavy atom. The molecule has 1 aliphatic rings. The fourth-order valence-electron chi connectivity index (χ4n) is 2.51. The Labute approximate surface area is 100 Å². The summed E-state index contributed by atoms with van der Waals surface area (Å²) in [7, 11) is 0. The molecule has 0 saturated carbocycles. The Balaban J connectivity index is 2.29. The van der Waals surface area contributed by atoms with Gasteiger partial charge in [-0.1, -0.05) is 36.7 Å². The van der Waals surface area contributed by atoms with Crippen LogP contribution in [0.5, 0.6) is 0 Å². The number of para-hydroxylation sites is 1. The normalized spacial score (nSPS) is 19.8. The van der Waals surface area contributed by atoms with Crippen LogP contribution >= 0.6 is 11.6 Å². The lowest BCUT2D eigenvalue weighted by Crippen LogP contribution is -2.13. The summed E-state index contributed by atoms with van der Waals surface area (Å²) in [6.45, 7) is 2.29. The number of nitrogens with zero attached hydrogens (tertiary/aromatic N) is 1. The second-order valence-corrected chi connectivity index (χ2v) is 5.09. The summed E-state index contributed by atoms with van der Waals surface area (Å²) < 4.78 is 0. The summed E-state index contributed by atoms with van der Waals surface area (Å²) in [4.78, 5) is 4.73. The summed E-state index contributed by atoms with van der Waals surface area (Å²) in [5, 5.41) is 2.02. The lowest BCUT2D eigenvalue weighted by atomic mass is 9.87. The highest BCUT2D eigenvalue weighted by molar-refractivity contribution is 6.36. The zero-order valence-corrected chi connectivity index (χ0v) is 10.1. The highest BCUT2D eigenvalue weighted by atomic mass is 35.5. The van der Waals surface area contributed by atoms with E-state index in [9.17, 15) is 0 Å². The maximum atomic E-state index is 6.48. The molecule has 0 bridgehead atoms. The van der Waals surface area contributed by atoms with Crippen LogP contribution in [0.1, 0.15) is 24.6 Å². The molecular formula is C14H14ClN. The lowest BCUT2D eigenvalue weighted by molar-refractivity contribution is 0.495. The van der Waals surface area contributed by atoms with Crippen molar-refractivity contribution < 1.29 is 0 Å². The van der Waals surface area contributed by atoms with E-state index in [4.69, 9.17) is 16.6 Å². The SMILES string of the molecule is CC1CCc2nc3ccccc3c(Cl)c2C1. The second-order valence-electron chi connectivity index (χ2n) is 4.72. The highest BCUT2D eigenvalue weighted by Gasteiger charge is 2.20. The van der Waals surface area contributed by atoms with Crippen molar-refractivity contribution >= 4 is 22.5 Å². The summed E-state index contributed by atoms with van der Waals surface area (Å²) in [6, 6.07) is 8.14. The average Bonchev–Trinajstić information content (AvgIpc) is 2.31. The molecule has 82 valence electrons. The van der Waals surface area contributed by atoms with Crippen molar-refractivity contribution in [3.63, 3.8) is 0 Å². The van der Waals surface area contributed by atoms with E-state index >= 15 is 0 Å². The molecule has 1 unspecified atom stereocenters. The van der Waals surface area contributed by atoms with Crippen LogP contribution in [0.3, 0.4) is 0 Å². The maximum Gasteiger partial charge on any atom is 0.0720 e. The summed E-state index contributed by atoms with van der Waals surface area (Å²) in [5.41, 5.74) is 3.52. The van der Waals surface area contributed by atoms with E-state index in [1.807, 2.05) is 18.2 Å². The first-order valence-electron chi connectivity index (χ1n) is 5.81. The fourth-order valence-corrected chi connectivity index (χ4v) is 2.85. The first-order valence-corrected chi connectivity index (χ1v) is 6.19. The lowest BCUT2D eigenvalue weighted by Gasteiger charge is -2.22. The van der Waals surface area contributed by atoms with Gasteiger partial charge in [0, 0.05) is 11.1 Å². The maximum absolute atomic E-state index is 6.48. The largest absolute Gasteiger partial charge is 0.252 e. The van der Waals surface area contributed by atoms with Crippen LogP contribution < -0.4 is 0 Å². The molecule has 0 amide bonds. The Bertz CT molecular complexity index is 548. The predicted octanol–water partition coefficient (Wildman–Crippen LogP) is 4.01. The van der Waals surface area contributed by atoms with Crippen LogP contribution in [0.25, 0.3) is 10.9 Å². The standard InChI is InChI=1S/C14H14ClN/c1-9-6-7-13-11(8-9)14(15)10-4-2-3-5-12(10)16-13/h2-5,9H,6-8H2,1H3. The van der Waals surface area contributed by atoms with Gasteiger partial charge < -0.3 is 0 Å². The minimum atomic E-state index is 0.730. The van der Waals surface area contributed by atoms with Gasteiger partial charge in [0.1, 0.15) is 0 Å². The zero-order chi connectivity index (χ0) is 11.1. The quantitative estimate of drug-likeness (QED) is 0.668. The molecule has 2 heteroatoms. The third-order valence-corrected chi connectivity index (χ3v) is 3.87. The van der Waals surface area contributed by atoms with Gasteiger partial charge in [-0.25, -0.2) is 0 Å². The molecule has 3 rings (SSSR count). The van der Waals surface area contributed by atoms with Gasteiger partial charge in [-0.3, -0.25) is 4.98 Å². The Hall–Kier alpha value is -1.08. The molecule has 0 spiro atoms. The molecule has 1 aromatic heterocycles. The van der Waals surface area contributed by atoms with Crippen molar-refractivity contribution in [2.45, 2.75) is 26.2 Å². The van der Waals surface area contributed by atoms with Gasteiger partial charge in [-0.15, -0.1) is 0 Å². The van der Waals surface area contributed by atoms with Crippen molar-refractivity contribution in [3.8, 4) is 0 Å². The molecule has 0 fully saturated rings. The number of halogens is 1. The van der Waals surface area contributed by atoms with E-state index in [0.29, 0.717) is 0 Å². The summed E-state index contributed by atoms with van der Waals surface area (Å²) in [6.07, 6.45) is 3.38. The average molecular weight is 232 g/mol. The number of hydrogen-bond donors (Lipinski definition) is 0. The monoisotopic (exact) mass is 231 g/mol. The van der Waals surface area contributed by atoms with Crippen LogP contribution in [-0.4, -0.2) is 4.98 Å². The highest BCUT2D eigenvalue weighted by Crippen LogP contribution is 2.34. The minimum absolute atomic E-state index is 0.730. The number of aryl methyl sites for hydroxylation is 1. The minimum Gasteiger partial charge on any atom is -0.252 e. The molecule has 1 nitrogen and oxygen atoms in total. The van der Waals surface area contributed by atoms with Crippen molar-refractivity contribution in [1.29, 1.82) is 0 Å². The van der Waals surface area contributed by atoms with Crippen LogP contribution in [0, 0.1) is 5.92 Å². The van der Waals surface area contributed by atoms with Crippen LogP contribution in [-0.2, 0) is 12.8 Å². The van der Waals surface area contributed by atoms with E-state index in [1.54, 1.807) is 0 Å². The van der Waals surface area contributed by atoms with Crippen molar-refractivity contribution in [2.24, 2.45) is 5.92 Å². The van der Waals surface area contributed by atoms with Gasteiger partial charge in [0.25, 0.3) is 0 Å². The molecule has 1 aliphatic carbocycles. The van der Waals surface area contributed by atoms with Crippen molar-refractivity contribution in [2.75, 3.05) is 0 Å². The third kappa shape index (κ3) is 1.51. The first-order chi connectivity index (χ1) is 7.75. The van der Waals surface area contributed by atoms with Crippen LogP contribution in [0.2, 0.25) is 5.02 Å². The molecule has 0 N–H and O–H groups in total. The Morgan fingerprint density at radius 1 is 1.31 bits per heavy atom. The van der Waals surface area contributed by atoms with E-state index in [2.05, 4.69) is 13.0 Å². The van der Waals surface area contributed by atoms with Gasteiger partial charge in [-0.2, -0.15) is 0 Å². The molecule has 0 saturated heterocycles. The van der Waals surface area contributed by atoms with E-state index in [-0.39, 0.29) is 0 Å². The molecule has 0 aliphatic heterocycles. The first kappa shape index (κ1) is 10.1. The molecule has 0 radical (unpaired) electrons. The van der Waals surface area contributed by atoms with Crippen molar-refractivity contribution in [3.05, 3.63) is 40.5 Å². The summed E-state index contributed by atoms with van der Waals surface area (Å²) >= 11 is 6.48. The number of pyridine rings is 1. The zero-order valence-electron chi connectivity index (χ0n) is 9.33. The number of hydrogen-bond acceptors (Lipinski definition) is 1. The van der Waals surface area contributed by atoms with Crippen LogP contribution in [0.15, 0.2) is 24.3 Å². The van der Waals surface area contributed by atoms with Gasteiger partial charge in [0.15, 0.2) is 0 Å². The topological polar surface area (TPSA) is 12.9 Å². The van der Waals surface area contributed by atoms with Gasteiger partial charge >= 0.3 is 0 Å². The third-order valence-electron chi connectivity index (χ3n) is 3.44. The van der Waals surface area contributed by atoms with E-state index in [1.165, 1.54) is 17.7 Å². The molecule has 1 aromatic carbocycles. The number of benzene rings is 1. The molecular weight excluding hydrogens is 218 g/mol. The van der Waals surface area contributed by atoms with Crippen molar-refractivity contribution in [1.82, 2.24) is 4.98 Å². The van der Waals surface area contributed by atoms with Crippen LogP contribution in [0.4, 0.5) is 0 Å². The smallest absolute Gasteiger partial charge is 0.0720 e. The molecule has 2 aromatic rings. The van der Waals surface area contributed by atoms with Gasteiger partial charge in [0.2, 0.25) is 0 Å². The van der Waals surface area contributed by atoms with Gasteiger partial charge in [0.05, 0.1) is 10.5 Å². The summed E-state index contributed by atoms with van der Waals surface area (Å²) in [5.74, 6) is 0.730. The second kappa shape index (κ2) is 3.74. The van der Waals surface area contributed by atoms with E-state index < -0.39 is 0 Å². The molecule has 16 heavy (non-hydrogen) atoms. The fraction of sp³-hybridized carbons (Fsp3) is 0.357.